The van der Waals surface area contributed by atoms with Crippen molar-refractivity contribution in [2.24, 2.45) is 0 Å². The summed E-state index contributed by atoms with van der Waals surface area (Å²) in [7, 11) is 0. The van der Waals surface area contributed by atoms with Gasteiger partial charge in [-0.25, -0.2) is 9.97 Å². The number of nitrogens with zero attached hydrogens (tertiary/aromatic N) is 2. The number of rotatable bonds is 4. The number of benzene rings is 2. The zero-order valence-electron chi connectivity index (χ0n) is 12.5. The standard InChI is InChI=1S/C18H15ClN4/c1-12-6-5-7-13(10-12)17-22-16(19)15(11-20)18(23-17)21-14-8-3-2-4-9-14/h2-11,20H,1H3,(H,21,22,23). The van der Waals surface area contributed by atoms with Crippen molar-refractivity contribution in [3.8, 4) is 11.4 Å². The molecule has 0 amide bonds. The number of hydrogen-bond acceptors (Lipinski definition) is 4. The number of halogens is 1. The maximum atomic E-state index is 7.57. The van der Waals surface area contributed by atoms with E-state index >= 15 is 0 Å². The van der Waals surface area contributed by atoms with Gasteiger partial charge in [0.15, 0.2) is 5.82 Å². The van der Waals surface area contributed by atoms with Crippen LogP contribution in [0.4, 0.5) is 11.5 Å². The summed E-state index contributed by atoms with van der Waals surface area (Å²) in [5.41, 5.74) is 3.35. The molecule has 0 aliphatic rings. The Hall–Kier alpha value is -2.72. The highest BCUT2D eigenvalue weighted by Gasteiger charge is 2.13. The minimum Gasteiger partial charge on any atom is -0.340 e. The molecule has 0 unspecified atom stereocenters. The second-order valence-electron chi connectivity index (χ2n) is 5.11. The highest BCUT2D eigenvalue weighted by molar-refractivity contribution is 6.32. The average Bonchev–Trinajstić information content (AvgIpc) is 2.55. The molecule has 3 aromatic rings. The molecule has 1 aromatic heterocycles. The van der Waals surface area contributed by atoms with Crippen molar-refractivity contribution in [3.05, 3.63) is 70.9 Å². The van der Waals surface area contributed by atoms with Gasteiger partial charge in [-0.3, -0.25) is 0 Å². The number of nitrogens with one attached hydrogen (secondary N) is 2. The van der Waals surface area contributed by atoms with Crippen molar-refractivity contribution in [3.63, 3.8) is 0 Å². The van der Waals surface area contributed by atoms with Crippen LogP contribution in [0.15, 0.2) is 54.6 Å². The van der Waals surface area contributed by atoms with Crippen LogP contribution in [0.25, 0.3) is 11.4 Å². The Morgan fingerprint density at radius 1 is 1.04 bits per heavy atom. The fourth-order valence-electron chi connectivity index (χ4n) is 2.24. The van der Waals surface area contributed by atoms with Crippen LogP contribution in [0, 0.1) is 12.3 Å². The Labute approximate surface area is 139 Å². The highest BCUT2D eigenvalue weighted by Crippen LogP contribution is 2.27. The monoisotopic (exact) mass is 322 g/mol. The molecule has 3 rings (SSSR count). The first-order valence-electron chi connectivity index (χ1n) is 7.14. The van der Waals surface area contributed by atoms with Crippen LogP contribution in [-0.4, -0.2) is 16.2 Å². The molecule has 23 heavy (non-hydrogen) atoms. The SMILES string of the molecule is Cc1cccc(-c2nc(Cl)c(C=N)c(Nc3ccccc3)n2)c1. The van der Waals surface area contributed by atoms with E-state index in [9.17, 15) is 0 Å². The van der Waals surface area contributed by atoms with Gasteiger partial charge in [0.1, 0.15) is 11.0 Å². The first kappa shape index (κ1) is 15.2. The first-order valence-corrected chi connectivity index (χ1v) is 7.52. The van der Waals surface area contributed by atoms with Crippen LogP contribution in [0.3, 0.4) is 0 Å². The summed E-state index contributed by atoms with van der Waals surface area (Å²) >= 11 is 6.25. The fourth-order valence-corrected chi connectivity index (χ4v) is 2.46. The third-order valence-electron chi connectivity index (χ3n) is 3.36. The maximum Gasteiger partial charge on any atom is 0.163 e. The van der Waals surface area contributed by atoms with Gasteiger partial charge in [-0.15, -0.1) is 0 Å². The summed E-state index contributed by atoms with van der Waals surface area (Å²) in [6, 6.07) is 17.6. The molecular weight excluding hydrogens is 308 g/mol. The van der Waals surface area contributed by atoms with Crippen molar-refractivity contribution < 1.29 is 0 Å². The van der Waals surface area contributed by atoms with Crippen LogP contribution in [0.5, 0.6) is 0 Å². The topological polar surface area (TPSA) is 61.7 Å². The van der Waals surface area contributed by atoms with E-state index in [2.05, 4.69) is 15.3 Å². The summed E-state index contributed by atoms with van der Waals surface area (Å²) in [5.74, 6) is 1.05. The summed E-state index contributed by atoms with van der Waals surface area (Å²) < 4.78 is 0. The minimum absolute atomic E-state index is 0.255. The predicted octanol–water partition coefficient (Wildman–Crippen LogP) is 4.85. The van der Waals surface area contributed by atoms with Crippen molar-refractivity contribution in [2.45, 2.75) is 6.92 Å². The molecule has 0 spiro atoms. The lowest BCUT2D eigenvalue weighted by molar-refractivity contribution is 1.16. The van der Waals surface area contributed by atoms with Gasteiger partial charge in [0.25, 0.3) is 0 Å². The summed E-state index contributed by atoms with van der Waals surface area (Å²) in [4.78, 5) is 8.87. The third-order valence-corrected chi connectivity index (χ3v) is 3.64. The van der Waals surface area contributed by atoms with Gasteiger partial charge in [0, 0.05) is 17.5 Å². The second-order valence-corrected chi connectivity index (χ2v) is 5.46. The largest absolute Gasteiger partial charge is 0.340 e. The Kier molecular flexibility index (Phi) is 4.35. The number of hydrogen-bond donors (Lipinski definition) is 2. The molecule has 0 fully saturated rings. The number of aryl methyl sites for hydroxylation is 1. The van der Waals surface area contributed by atoms with E-state index in [1.54, 1.807) is 0 Å². The quantitative estimate of drug-likeness (QED) is 0.533. The van der Waals surface area contributed by atoms with Gasteiger partial charge in [-0.05, 0) is 25.1 Å². The molecule has 0 radical (unpaired) electrons. The van der Waals surface area contributed by atoms with Crippen LogP contribution in [0.2, 0.25) is 5.15 Å². The van der Waals surface area contributed by atoms with E-state index in [0.717, 1.165) is 23.0 Å². The number of aromatic nitrogens is 2. The number of anilines is 2. The van der Waals surface area contributed by atoms with Crippen molar-refractivity contribution >= 4 is 29.3 Å². The smallest absolute Gasteiger partial charge is 0.163 e. The van der Waals surface area contributed by atoms with E-state index in [-0.39, 0.29) is 5.15 Å². The van der Waals surface area contributed by atoms with E-state index in [1.807, 2.05) is 61.5 Å². The molecule has 0 atom stereocenters. The normalized spacial score (nSPS) is 10.3. The van der Waals surface area contributed by atoms with E-state index in [4.69, 9.17) is 17.0 Å². The van der Waals surface area contributed by atoms with Crippen LogP contribution >= 0.6 is 11.6 Å². The summed E-state index contributed by atoms with van der Waals surface area (Å²) in [6.07, 6.45) is 1.16. The molecule has 0 saturated carbocycles. The lowest BCUT2D eigenvalue weighted by atomic mass is 10.1. The first-order chi connectivity index (χ1) is 11.2. The summed E-state index contributed by atoms with van der Waals surface area (Å²) in [6.45, 7) is 2.01. The maximum absolute atomic E-state index is 7.57. The zero-order chi connectivity index (χ0) is 16.2. The molecule has 0 aliphatic carbocycles. The molecule has 114 valence electrons. The molecule has 2 aromatic carbocycles. The zero-order valence-corrected chi connectivity index (χ0v) is 13.3. The van der Waals surface area contributed by atoms with Gasteiger partial charge in [-0.2, -0.15) is 0 Å². The van der Waals surface area contributed by atoms with Gasteiger partial charge in [-0.1, -0.05) is 53.6 Å². The molecule has 1 heterocycles. The second kappa shape index (κ2) is 6.58. The molecule has 4 nitrogen and oxygen atoms in total. The Bertz CT molecular complexity index is 847. The van der Waals surface area contributed by atoms with Crippen molar-refractivity contribution in [1.29, 1.82) is 5.41 Å². The third kappa shape index (κ3) is 3.38. The van der Waals surface area contributed by atoms with Gasteiger partial charge in [0.05, 0.1) is 5.56 Å². The molecule has 2 N–H and O–H groups in total. The van der Waals surface area contributed by atoms with Gasteiger partial charge >= 0.3 is 0 Å². The van der Waals surface area contributed by atoms with E-state index in [1.165, 1.54) is 0 Å². The molecular formula is C18H15ClN4. The van der Waals surface area contributed by atoms with Gasteiger partial charge in [0.2, 0.25) is 0 Å². The van der Waals surface area contributed by atoms with E-state index in [0.29, 0.717) is 17.2 Å². The van der Waals surface area contributed by atoms with E-state index < -0.39 is 0 Å². The van der Waals surface area contributed by atoms with Crippen LogP contribution in [0.1, 0.15) is 11.1 Å². The Balaban J connectivity index is 2.08. The molecule has 5 heteroatoms. The average molecular weight is 323 g/mol. The van der Waals surface area contributed by atoms with Crippen molar-refractivity contribution in [2.75, 3.05) is 5.32 Å². The number of para-hydroxylation sites is 1. The molecule has 0 aliphatic heterocycles. The lowest BCUT2D eigenvalue weighted by Crippen LogP contribution is -2.03. The molecule has 0 saturated heterocycles. The Morgan fingerprint density at radius 3 is 2.52 bits per heavy atom. The van der Waals surface area contributed by atoms with Crippen LogP contribution < -0.4 is 5.32 Å². The Morgan fingerprint density at radius 2 is 1.83 bits per heavy atom. The lowest BCUT2D eigenvalue weighted by Gasteiger charge is -2.11. The summed E-state index contributed by atoms with van der Waals surface area (Å²) in [5, 5.41) is 11.0. The fraction of sp³-hybridized carbons (Fsp3) is 0.0556. The van der Waals surface area contributed by atoms with Crippen molar-refractivity contribution in [1.82, 2.24) is 9.97 Å². The van der Waals surface area contributed by atoms with Gasteiger partial charge < -0.3 is 10.7 Å². The minimum atomic E-state index is 0.255. The van der Waals surface area contributed by atoms with Crippen LogP contribution in [-0.2, 0) is 0 Å². The molecule has 0 bridgehead atoms. The highest BCUT2D eigenvalue weighted by atomic mass is 35.5. The predicted molar refractivity (Wildman–Crippen MR) is 94.8 cm³/mol.